The van der Waals surface area contributed by atoms with Gasteiger partial charge in [0, 0.05) is 38.0 Å². The van der Waals surface area contributed by atoms with Crippen molar-refractivity contribution >= 4 is 0 Å². The van der Waals surface area contributed by atoms with Gasteiger partial charge in [-0.05, 0) is 32.7 Å². The normalized spacial score (nSPS) is 21.3. The number of rotatable bonds is 7. The molecule has 18 heavy (non-hydrogen) atoms. The Morgan fingerprint density at radius 1 is 1.61 bits per heavy atom. The summed E-state index contributed by atoms with van der Waals surface area (Å²) in [5, 5.41) is 3.40. The molecule has 1 aliphatic heterocycles. The summed E-state index contributed by atoms with van der Waals surface area (Å²) in [6.07, 6.45) is 10.1. The van der Waals surface area contributed by atoms with Crippen LogP contribution in [-0.2, 0) is 17.7 Å². The van der Waals surface area contributed by atoms with Gasteiger partial charge >= 0.3 is 0 Å². The van der Waals surface area contributed by atoms with E-state index in [1.807, 2.05) is 13.2 Å². The Labute approximate surface area is 110 Å². The van der Waals surface area contributed by atoms with Crippen LogP contribution in [0.25, 0.3) is 0 Å². The largest absolute Gasteiger partial charge is 0.378 e. The molecule has 0 aliphatic carbocycles. The molecule has 102 valence electrons. The molecule has 0 spiro atoms. The fraction of sp³-hybridized carbons (Fsp3) is 0.786. The van der Waals surface area contributed by atoms with Gasteiger partial charge in [-0.15, -0.1) is 0 Å². The summed E-state index contributed by atoms with van der Waals surface area (Å²) < 4.78 is 7.98. The molecule has 1 aliphatic rings. The van der Waals surface area contributed by atoms with Crippen LogP contribution in [0.5, 0.6) is 0 Å². The predicted octanol–water partition coefficient (Wildman–Crippen LogP) is 1.99. The molecule has 0 amide bonds. The Morgan fingerprint density at radius 2 is 2.50 bits per heavy atom. The Hall–Kier alpha value is -0.870. The molecule has 0 saturated carbocycles. The highest BCUT2D eigenvalue weighted by Crippen LogP contribution is 2.18. The third kappa shape index (κ3) is 3.56. The molecule has 2 atom stereocenters. The fourth-order valence-corrected chi connectivity index (χ4v) is 2.65. The number of nitrogens with zero attached hydrogens (tertiary/aromatic N) is 2. The molecule has 1 aromatic heterocycles. The third-order valence-corrected chi connectivity index (χ3v) is 3.67. The first-order valence-corrected chi connectivity index (χ1v) is 7.12. The summed E-state index contributed by atoms with van der Waals surface area (Å²) in [7, 11) is 2.03. The summed E-state index contributed by atoms with van der Waals surface area (Å²) in [6.45, 7) is 4.20. The average molecular weight is 251 g/mol. The summed E-state index contributed by atoms with van der Waals surface area (Å²) in [5.74, 6) is 1.19. The monoisotopic (exact) mass is 251 g/mol. The first-order chi connectivity index (χ1) is 8.83. The van der Waals surface area contributed by atoms with E-state index in [0.29, 0.717) is 12.1 Å². The van der Waals surface area contributed by atoms with Crippen LogP contribution in [0.15, 0.2) is 12.4 Å². The van der Waals surface area contributed by atoms with Crippen LogP contribution < -0.4 is 5.32 Å². The van der Waals surface area contributed by atoms with Crippen molar-refractivity contribution in [1.82, 2.24) is 14.9 Å². The molecule has 2 unspecified atom stereocenters. The molecule has 0 bridgehead atoms. The van der Waals surface area contributed by atoms with Gasteiger partial charge in [0.15, 0.2) is 0 Å². The van der Waals surface area contributed by atoms with Gasteiger partial charge < -0.3 is 14.6 Å². The van der Waals surface area contributed by atoms with Crippen molar-refractivity contribution in [3.8, 4) is 0 Å². The minimum Gasteiger partial charge on any atom is -0.378 e. The van der Waals surface area contributed by atoms with Crippen LogP contribution in [0.3, 0.4) is 0 Å². The molecule has 1 aromatic rings. The highest BCUT2D eigenvalue weighted by molar-refractivity contribution is 4.96. The van der Waals surface area contributed by atoms with E-state index in [9.17, 15) is 0 Å². The van der Waals surface area contributed by atoms with Gasteiger partial charge in [0.05, 0.1) is 6.10 Å². The van der Waals surface area contributed by atoms with Gasteiger partial charge in [0.1, 0.15) is 5.82 Å². The van der Waals surface area contributed by atoms with Crippen LogP contribution in [0.4, 0.5) is 0 Å². The maximum Gasteiger partial charge on any atom is 0.110 e. The van der Waals surface area contributed by atoms with Crippen molar-refractivity contribution in [3.05, 3.63) is 18.2 Å². The predicted molar refractivity (Wildman–Crippen MR) is 72.7 cm³/mol. The van der Waals surface area contributed by atoms with E-state index in [4.69, 9.17) is 4.74 Å². The molecule has 1 N–H and O–H groups in total. The molecule has 1 fully saturated rings. The number of ether oxygens (including phenoxy) is 1. The van der Waals surface area contributed by atoms with E-state index < -0.39 is 0 Å². The Bertz CT molecular complexity index is 345. The molecular weight excluding hydrogens is 226 g/mol. The fourth-order valence-electron chi connectivity index (χ4n) is 2.65. The van der Waals surface area contributed by atoms with Crippen LogP contribution in [0.2, 0.25) is 0 Å². The SMILES string of the molecule is CCCn1ccnc1CC(CC1CCCO1)NC. The molecule has 4 heteroatoms. The lowest BCUT2D eigenvalue weighted by Crippen LogP contribution is -2.32. The van der Waals surface area contributed by atoms with Gasteiger partial charge in [0.2, 0.25) is 0 Å². The number of aryl methyl sites for hydroxylation is 1. The lowest BCUT2D eigenvalue weighted by Gasteiger charge is -2.20. The molecule has 0 aromatic carbocycles. The molecule has 2 rings (SSSR count). The van der Waals surface area contributed by atoms with Gasteiger partial charge in [-0.1, -0.05) is 6.92 Å². The minimum atomic E-state index is 0.442. The van der Waals surface area contributed by atoms with Crippen molar-refractivity contribution in [2.45, 2.75) is 57.7 Å². The summed E-state index contributed by atoms with van der Waals surface area (Å²) in [6, 6.07) is 0.464. The zero-order chi connectivity index (χ0) is 12.8. The van der Waals surface area contributed by atoms with E-state index >= 15 is 0 Å². The van der Waals surface area contributed by atoms with E-state index in [1.165, 1.54) is 18.7 Å². The molecule has 4 nitrogen and oxygen atoms in total. The first kappa shape index (κ1) is 13.6. The number of hydrogen-bond donors (Lipinski definition) is 1. The van der Waals surface area contributed by atoms with E-state index in [2.05, 4.69) is 28.0 Å². The van der Waals surface area contributed by atoms with Gasteiger partial charge in [0.25, 0.3) is 0 Å². The smallest absolute Gasteiger partial charge is 0.110 e. The summed E-state index contributed by atoms with van der Waals surface area (Å²) >= 11 is 0. The number of aromatic nitrogens is 2. The van der Waals surface area contributed by atoms with Gasteiger partial charge in [-0.25, -0.2) is 4.98 Å². The van der Waals surface area contributed by atoms with Crippen LogP contribution in [0.1, 0.15) is 38.4 Å². The second-order valence-electron chi connectivity index (χ2n) is 5.10. The Morgan fingerprint density at radius 3 is 3.17 bits per heavy atom. The number of imidazole rings is 1. The van der Waals surface area contributed by atoms with Crippen molar-refractivity contribution in [1.29, 1.82) is 0 Å². The highest BCUT2D eigenvalue weighted by Gasteiger charge is 2.21. The Balaban J connectivity index is 1.89. The van der Waals surface area contributed by atoms with Crippen molar-refractivity contribution < 1.29 is 4.74 Å². The zero-order valence-corrected chi connectivity index (χ0v) is 11.6. The van der Waals surface area contributed by atoms with Crippen molar-refractivity contribution in [3.63, 3.8) is 0 Å². The maximum absolute atomic E-state index is 5.71. The van der Waals surface area contributed by atoms with E-state index in [1.54, 1.807) is 0 Å². The molecular formula is C14H25N3O. The number of nitrogens with one attached hydrogen (secondary N) is 1. The number of likely N-dealkylation sites (N-methyl/N-ethyl adjacent to an activating group) is 1. The standard InChI is InChI=1S/C14H25N3O/c1-3-7-17-8-6-16-14(17)11-12(15-2)10-13-5-4-9-18-13/h6,8,12-13,15H,3-5,7,9-11H2,1-2H3. The molecule has 1 saturated heterocycles. The van der Waals surface area contributed by atoms with Crippen LogP contribution in [0, 0.1) is 0 Å². The second kappa shape index (κ2) is 6.90. The van der Waals surface area contributed by atoms with Gasteiger partial charge in [-0.2, -0.15) is 0 Å². The minimum absolute atomic E-state index is 0.442. The van der Waals surface area contributed by atoms with Crippen LogP contribution in [-0.4, -0.2) is 35.4 Å². The lowest BCUT2D eigenvalue weighted by molar-refractivity contribution is 0.0951. The highest BCUT2D eigenvalue weighted by atomic mass is 16.5. The second-order valence-corrected chi connectivity index (χ2v) is 5.10. The summed E-state index contributed by atoms with van der Waals surface area (Å²) in [4.78, 5) is 4.48. The van der Waals surface area contributed by atoms with Crippen molar-refractivity contribution in [2.75, 3.05) is 13.7 Å². The van der Waals surface area contributed by atoms with E-state index in [0.717, 1.165) is 32.4 Å². The molecule has 2 heterocycles. The quantitative estimate of drug-likeness (QED) is 0.805. The third-order valence-electron chi connectivity index (χ3n) is 3.67. The lowest BCUT2D eigenvalue weighted by atomic mass is 10.0. The number of hydrogen-bond acceptors (Lipinski definition) is 3. The zero-order valence-electron chi connectivity index (χ0n) is 11.6. The summed E-state index contributed by atoms with van der Waals surface area (Å²) in [5.41, 5.74) is 0. The van der Waals surface area contributed by atoms with Gasteiger partial charge in [-0.3, -0.25) is 0 Å². The first-order valence-electron chi connectivity index (χ1n) is 7.12. The molecule has 0 radical (unpaired) electrons. The average Bonchev–Trinajstić information content (AvgIpc) is 3.01. The van der Waals surface area contributed by atoms with Crippen LogP contribution >= 0.6 is 0 Å². The maximum atomic E-state index is 5.71. The van der Waals surface area contributed by atoms with Crippen molar-refractivity contribution in [2.24, 2.45) is 0 Å². The Kier molecular flexibility index (Phi) is 5.20. The van der Waals surface area contributed by atoms with E-state index in [-0.39, 0.29) is 0 Å². The topological polar surface area (TPSA) is 39.1 Å².